The molecule has 1 saturated carbocycles. The SMILES string of the molecule is O=C1C(C2=NS(=O)(=O)c3cc(I)ccc3N2)C(=O)N(Cc2ccc(F)cc2)C2CCCCC12. The third-order valence-corrected chi connectivity index (χ3v) is 8.55. The third kappa shape index (κ3) is 4.07. The molecule has 0 aromatic heterocycles. The van der Waals surface area contributed by atoms with Crippen LogP contribution in [0.25, 0.3) is 0 Å². The predicted molar refractivity (Wildman–Crippen MR) is 129 cm³/mol. The largest absolute Gasteiger partial charge is 0.341 e. The van der Waals surface area contributed by atoms with Crippen molar-refractivity contribution >= 4 is 55.8 Å². The van der Waals surface area contributed by atoms with Crippen LogP contribution in [-0.2, 0) is 26.2 Å². The summed E-state index contributed by atoms with van der Waals surface area (Å²) in [5.74, 6) is -2.96. The van der Waals surface area contributed by atoms with Gasteiger partial charge in [-0.2, -0.15) is 8.42 Å². The van der Waals surface area contributed by atoms with Crippen LogP contribution in [0.5, 0.6) is 0 Å². The highest BCUT2D eigenvalue weighted by Gasteiger charge is 2.51. The summed E-state index contributed by atoms with van der Waals surface area (Å²) in [6, 6.07) is 10.5. The molecule has 2 heterocycles. The number of carbonyl (C=O) groups is 2. The van der Waals surface area contributed by atoms with Crippen LogP contribution in [0.3, 0.4) is 0 Å². The normalized spacial score (nSPS) is 26.2. The number of likely N-dealkylation sites (tertiary alicyclic amines) is 1. The standard InChI is InChI=1S/C23H21FIN3O4S/c24-14-7-5-13(6-8-14)12-28-18-4-2-1-3-16(18)21(29)20(23(28)30)22-26-17-10-9-15(25)11-19(17)33(31,32)27-22/h5-11,16,18,20H,1-4,12H2,(H,26,27). The van der Waals surface area contributed by atoms with Gasteiger partial charge in [0.2, 0.25) is 5.91 Å². The van der Waals surface area contributed by atoms with E-state index in [0.717, 1.165) is 22.0 Å². The third-order valence-electron chi connectivity index (χ3n) is 6.55. The molecule has 3 unspecified atom stereocenters. The highest BCUT2D eigenvalue weighted by molar-refractivity contribution is 14.1. The molecule has 2 aliphatic heterocycles. The Kier molecular flexibility index (Phi) is 5.76. The summed E-state index contributed by atoms with van der Waals surface area (Å²) >= 11 is 2.01. The number of rotatable bonds is 3. The van der Waals surface area contributed by atoms with Gasteiger partial charge in [-0.15, -0.1) is 4.40 Å². The summed E-state index contributed by atoms with van der Waals surface area (Å²) in [7, 11) is -4.06. The summed E-state index contributed by atoms with van der Waals surface area (Å²) in [6.45, 7) is 0.221. The summed E-state index contributed by atoms with van der Waals surface area (Å²) in [5, 5.41) is 2.95. The van der Waals surface area contributed by atoms with Gasteiger partial charge in [-0.25, -0.2) is 4.39 Å². The summed E-state index contributed by atoms with van der Waals surface area (Å²) in [6.07, 6.45) is 3.13. The minimum atomic E-state index is -4.06. The van der Waals surface area contributed by atoms with Gasteiger partial charge in [-0.1, -0.05) is 25.0 Å². The van der Waals surface area contributed by atoms with Gasteiger partial charge in [0, 0.05) is 22.1 Å². The van der Waals surface area contributed by atoms with Crippen LogP contribution >= 0.6 is 22.6 Å². The lowest BCUT2D eigenvalue weighted by atomic mass is 9.73. The van der Waals surface area contributed by atoms with Crippen molar-refractivity contribution in [1.82, 2.24) is 4.90 Å². The molecule has 1 saturated heterocycles. The Morgan fingerprint density at radius 1 is 1.09 bits per heavy atom. The van der Waals surface area contributed by atoms with Crippen molar-refractivity contribution in [2.75, 3.05) is 5.32 Å². The Balaban J connectivity index is 1.53. The number of nitrogens with one attached hydrogen (secondary N) is 1. The number of amides is 1. The molecular formula is C23H21FIN3O4S. The van der Waals surface area contributed by atoms with Crippen LogP contribution in [0.15, 0.2) is 51.8 Å². The number of anilines is 1. The van der Waals surface area contributed by atoms with Crippen molar-refractivity contribution in [3.05, 3.63) is 57.4 Å². The van der Waals surface area contributed by atoms with E-state index in [4.69, 9.17) is 0 Å². The van der Waals surface area contributed by atoms with Crippen LogP contribution in [0.1, 0.15) is 31.2 Å². The maximum atomic E-state index is 13.7. The fourth-order valence-electron chi connectivity index (χ4n) is 4.99. The number of halogens is 2. The molecule has 7 nitrogen and oxygen atoms in total. The molecule has 0 bridgehead atoms. The number of piperidine rings is 1. The molecule has 172 valence electrons. The molecule has 5 rings (SSSR count). The van der Waals surface area contributed by atoms with Crippen LogP contribution in [0, 0.1) is 21.2 Å². The molecule has 2 aromatic rings. The van der Waals surface area contributed by atoms with E-state index in [2.05, 4.69) is 9.71 Å². The van der Waals surface area contributed by atoms with Crippen molar-refractivity contribution < 1.29 is 22.4 Å². The fourth-order valence-corrected chi connectivity index (χ4v) is 6.88. The Labute approximate surface area is 204 Å². The summed E-state index contributed by atoms with van der Waals surface area (Å²) in [5.41, 5.74) is 1.05. The number of ketones is 1. The zero-order valence-electron chi connectivity index (χ0n) is 17.5. The number of sulfonamides is 1. The van der Waals surface area contributed by atoms with E-state index in [-0.39, 0.29) is 40.8 Å². The van der Waals surface area contributed by atoms with Gasteiger partial charge in [0.05, 0.1) is 5.69 Å². The van der Waals surface area contributed by atoms with Crippen molar-refractivity contribution in [3.63, 3.8) is 0 Å². The monoisotopic (exact) mass is 581 g/mol. The minimum Gasteiger partial charge on any atom is -0.341 e. The molecule has 3 atom stereocenters. The first kappa shape index (κ1) is 22.5. The second kappa shape index (κ2) is 8.46. The van der Waals surface area contributed by atoms with Gasteiger partial charge >= 0.3 is 0 Å². The number of fused-ring (bicyclic) bond motifs is 2. The molecule has 0 spiro atoms. The average molecular weight is 581 g/mol. The smallest absolute Gasteiger partial charge is 0.286 e. The molecule has 33 heavy (non-hydrogen) atoms. The van der Waals surface area contributed by atoms with Gasteiger partial charge in [0.15, 0.2) is 11.7 Å². The van der Waals surface area contributed by atoms with E-state index in [1.807, 2.05) is 22.6 Å². The lowest BCUT2D eigenvalue weighted by Crippen LogP contribution is -2.60. The highest BCUT2D eigenvalue weighted by Crippen LogP contribution is 2.39. The number of nitrogens with zero attached hydrogens (tertiary/aromatic N) is 2. The Morgan fingerprint density at radius 2 is 1.82 bits per heavy atom. The van der Waals surface area contributed by atoms with E-state index in [9.17, 15) is 22.4 Å². The predicted octanol–water partition coefficient (Wildman–Crippen LogP) is 3.73. The van der Waals surface area contributed by atoms with E-state index < -0.39 is 21.8 Å². The number of benzene rings is 2. The van der Waals surface area contributed by atoms with Gasteiger partial charge < -0.3 is 10.2 Å². The average Bonchev–Trinajstić information content (AvgIpc) is 2.78. The first-order valence-corrected chi connectivity index (χ1v) is 13.3. The Bertz CT molecular complexity index is 1280. The molecule has 1 aliphatic carbocycles. The lowest BCUT2D eigenvalue weighted by molar-refractivity contribution is -0.152. The van der Waals surface area contributed by atoms with Gasteiger partial charge in [0.25, 0.3) is 10.0 Å². The molecule has 2 fully saturated rings. The van der Waals surface area contributed by atoms with E-state index in [0.29, 0.717) is 18.5 Å². The fraction of sp³-hybridized carbons (Fsp3) is 0.348. The zero-order chi connectivity index (χ0) is 23.3. The van der Waals surface area contributed by atoms with Crippen molar-refractivity contribution in [2.24, 2.45) is 16.2 Å². The van der Waals surface area contributed by atoms with E-state index >= 15 is 0 Å². The number of Topliss-reactive ketones (excluding diaryl/α,β-unsaturated/α-hetero) is 1. The topological polar surface area (TPSA) is 95.9 Å². The molecule has 1 amide bonds. The number of carbonyl (C=O) groups excluding carboxylic acids is 2. The van der Waals surface area contributed by atoms with E-state index in [1.54, 1.807) is 29.2 Å². The summed E-state index contributed by atoms with van der Waals surface area (Å²) in [4.78, 5) is 28.8. The van der Waals surface area contributed by atoms with Crippen molar-refractivity contribution in [1.29, 1.82) is 0 Å². The van der Waals surface area contributed by atoms with Crippen LogP contribution in [-0.4, -0.2) is 36.9 Å². The van der Waals surface area contributed by atoms with Gasteiger partial charge in [-0.3, -0.25) is 9.59 Å². The molecule has 1 N–H and O–H groups in total. The second-order valence-corrected chi connectivity index (χ2v) is 11.4. The van der Waals surface area contributed by atoms with Crippen LogP contribution < -0.4 is 5.32 Å². The number of amidine groups is 1. The van der Waals surface area contributed by atoms with Crippen LogP contribution in [0.2, 0.25) is 0 Å². The molecule has 2 aromatic carbocycles. The molecule has 10 heteroatoms. The maximum absolute atomic E-state index is 13.7. The van der Waals surface area contributed by atoms with Gasteiger partial charge in [0.1, 0.15) is 16.5 Å². The maximum Gasteiger partial charge on any atom is 0.286 e. The second-order valence-electron chi connectivity index (χ2n) is 8.60. The quantitative estimate of drug-likeness (QED) is 0.441. The Hall–Kier alpha value is -2.34. The zero-order valence-corrected chi connectivity index (χ0v) is 20.5. The van der Waals surface area contributed by atoms with Gasteiger partial charge in [-0.05, 0) is 71.3 Å². The lowest BCUT2D eigenvalue weighted by Gasteiger charge is -2.46. The molecule has 3 aliphatic rings. The van der Waals surface area contributed by atoms with Crippen molar-refractivity contribution in [2.45, 2.75) is 43.2 Å². The van der Waals surface area contributed by atoms with Crippen molar-refractivity contribution in [3.8, 4) is 0 Å². The first-order valence-electron chi connectivity index (χ1n) is 10.7. The number of hydrogen-bond acceptors (Lipinski definition) is 5. The summed E-state index contributed by atoms with van der Waals surface area (Å²) < 4.78 is 43.7. The first-order chi connectivity index (χ1) is 15.7. The van der Waals surface area contributed by atoms with E-state index in [1.165, 1.54) is 18.2 Å². The molecule has 0 radical (unpaired) electrons. The highest BCUT2D eigenvalue weighted by atomic mass is 127. The van der Waals surface area contributed by atoms with Crippen LogP contribution in [0.4, 0.5) is 10.1 Å². The Morgan fingerprint density at radius 3 is 2.58 bits per heavy atom. The molecular weight excluding hydrogens is 560 g/mol. The minimum absolute atomic E-state index is 0.0209. The number of hydrogen-bond donors (Lipinski definition) is 1.